The zero-order valence-corrected chi connectivity index (χ0v) is 19.2. The summed E-state index contributed by atoms with van der Waals surface area (Å²) in [5, 5.41) is 1.29. The highest BCUT2D eigenvalue weighted by molar-refractivity contribution is 6.35. The summed E-state index contributed by atoms with van der Waals surface area (Å²) in [6.45, 7) is 3.73. The van der Waals surface area contributed by atoms with Gasteiger partial charge in [0.1, 0.15) is 23.9 Å². The van der Waals surface area contributed by atoms with Gasteiger partial charge in [0.2, 0.25) is 0 Å². The molecule has 1 amide bonds. The van der Waals surface area contributed by atoms with E-state index in [0.29, 0.717) is 40.4 Å². The molecule has 3 aromatic rings. The molecule has 1 aromatic heterocycles. The minimum Gasteiger partial charge on any atom is -0.497 e. The second-order valence-corrected chi connectivity index (χ2v) is 8.38. The highest BCUT2D eigenvalue weighted by Crippen LogP contribution is 2.23. The van der Waals surface area contributed by atoms with Crippen LogP contribution < -0.4 is 9.47 Å². The molecule has 0 radical (unpaired) electrons. The van der Waals surface area contributed by atoms with Crippen molar-refractivity contribution in [1.29, 1.82) is 0 Å². The molecule has 2 heterocycles. The first-order chi connectivity index (χ1) is 15.5. The summed E-state index contributed by atoms with van der Waals surface area (Å²) in [4.78, 5) is 16.9. The van der Waals surface area contributed by atoms with Crippen LogP contribution in [-0.4, -0.2) is 49.0 Å². The minimum atomic E-state index is -0.109. The van der Waals surface area contributed by atoms with Crippen molar-refractivity contribution in [3.05, 3.63) is 81.7 Å². The Labute approximate surface area is 197 Å². The number of rotatable bonds is 7. The van der Waals surface area contributed by atoms with E-state index in [2.05, 4.69) is 4.90 Å². The first-order valence-corrected chi connectivity index (χ1v) is 11.1. The average molecular weight is 475 g/mol. The Hall–Kier alpha value is -2.67. The second kappa shape index (κ2) is 10.3. The summed E-state index contributed by atoms with van der Waals surface area (Å²) in [5.74, 6) is 2.19. The third-order valence-electron chi connectivity index (χ3n) is 5.36. The van der Waals surface area contributed by atoms with Gasteiger partial charge in [-0.25, -0.2) is 0 Å². The van der Waals surface area contributed by atoms with Crippen LogP contribution in [0.2, 0.25) is 10.0 Å². The number of methoxy groups -OCH3 is 1. The number of amides is 1. The number of halogens is 2. The Morgan fingerprint density at radius 2 is 1.78 bits per heavy atom. The zero-order chi connectivity index (χ0) is 22.5. The molecule has 2 aromatic carbocycles. The first kappa shape index (κ1) is 22.5. The van der Waals surface area contributed by atoms with Crippen molar-refractivity contribution < 1.29 is 18.7 Å². The molecule has 0 atom stereocenters. The summed E-state index contributed by atoms with van der Waals surface area (Å²) in [7, 11) is 1.61. The SMILES string of the molecule is COc1cccc(OCc2ccc(C(=O)N3CCN(Cc4ccc(Cl)cc4Cl)CC3)o2)c1. The van der Waals surface area contributed by atoms with Gasteiger partial charge in [-0.15, -0.1) is 0 Å². The predicted octanol–water partition coefficient (Wildman–Crippen LogP) is 5.13. The van der Waals surface area contributed by atoms with Crippen LogP contribution in [0.1, 0.15) is 21.9 Å². The summed E-state index contributed by atoms with van der Waals surface area (Å²) in [6, 6.07) is 16.4. The predicted molar refractivity (Wildman–Crippen MR) is 124 cm³/mol. The van der Waals surface area contributed by atoms with Crippen LogP contribution in [0.15, 0.2) is 59.0 Å². The van der Waals surface area contributed by atoms with Crippen LogP contribution in [0.5, 0.6) is 11.5 Å². The summed E-state index contributed by atoms with van der Waals surface area (Å²) < 4.78 is 16.7. The smallest absolute Gasteiger partial charge is 0.289 e. The quantitative estimate of drug-likeness (QED) is 0.474. The van der Waals surface area contributed by atoms with Gasteiger partial charge in [-0.3, -0.25) is 9.69 Å². The van der Waals surface area contributed by atoms with Gasteiger partial charge in [-0.2, -0.15) is 0 Å². The fourth-order valence-electron chi connectivity index (χ4n) is 3.57. The Balaban J connectivity index is 1.28. The van der Waals surface area contributed by atoms with E-state index >= 15 is 0 Å². The highest BCUT2D eigenvalue weighted by atomic mass is 35.5. The molecule has 1 aliphatic heterocycles. The summed E-state index contributed by atoms with van der Waals surface area (Å²) in [6.07, 6.45) is 0. The Morgan fingerprint density at radius 3 is 2.53 bits per heavy atom. The highest BCUT2D eigenvalue weighted by Gasteiger charge is 2.24. The van der Waals surface area contributed by atoms with E-state index in [-0.39, 0.29) is 12.5 Å². The molecule has 0 unspecified atom stereocenters. The zero-order valence-electron chi connectivity index (χ0n) is 17.7. The molecule has 32 heavy (non-hydrogen) atoms. The van der Waals surface area contributed by atoms with Crippen LogP contribution in [0.3, 0.4) is 0 Å². The minimum absolute atomic E-state index is 0.109. The third kappa shape index (κ3) is 5.57. The fourth-order valence-corrected chi connectivity index (χ4v) is 4.04. The van der Waals surface area contributed by atoms with Crippen LogP contribution in [0, 0.1) is 0 Å². The number of furan rings is 1. The van der Waals surface area contributed by atoms with Crippen molar-refractivity contribution in [1.82, 2.24) is 9.80 Å². The van der Waals surface area contributed by atoms with Crippen molar-refractivity contribution in [2.75, 3.05) is 33.3 Å². The molecular weight excluding hydrogens is 451 g/mol. The van der Waals surface area contributed by atoms with E-state index in [1.165, 1.54) is 0 Å². The van der Waals surface area contributed by atoms with Gasteiger partial charge in [0.15, 0.2) is 5.76 Å². The molecule has 0 N–H and O–H groups in total. The van der Waals surface area contributed by atoms with E-state index in [4.69, 9.17) is 37.1 Å². The van der Waals surface area contributed by atoms with Crippen LogP contribution in [0.25, 0.3) is 0 Å². The van der Waals surface area contributed by atoms with Crippen LogP contribution in [0.4, 0.5) is 0 Å². The number of benzene rings is 2. The van der Waals surface area contributed by atoms with Crippen molar-refractivity contribution in [3.63, 3.8) is 0 Å². The lowest BCUT2D eigenvalue weighted by Crippen LogP contribution is -2.48. The van der Waals surface area contributed by atoms with Crippen molar-refractivity contribution in [2.45, 2.75) is 13.2 Å². The third-order valence-corrected chi connectivity index (χ3v) is 5.95. The fraction of sp³-hybridized carbons (Fsp3) is 0.292. The van der Waals surface area contributed by atoms with Gasteiger partial charge >= 0.3 is 0 Å². The number of hydrogen-bond donors (Lipinski definition) is 0. The van der Waals surface area contributed by atoms with E-state index in [0.717, 1.165) is 30.9 Å². The van der Waals surface area contributed by atoms with E-state index in [1.807, 2.05) is 35.2 Å². The normalized spacial score (nSPS) is 14.4. The lowest BCUT2D eigenvalue weighted by atomic mass is 10.2. The molecular formula is C24H24Cl2N2O4. The van der Waals surface area contributed by atoms with Crippen LogP contribution in [-0.2, 0) is 13.2 Å². The lowest BCUT2D eigenvalue weighted by Gasteiger charge is -2.34. The molecule has 0 saturated carbocycles. The van der Waals surface area contributed by atoms with Gasteiger partial charge in [0.05, 0.1) is 7.11 Å². The molecule has 0 spiro atoms. The van der Waals surface area contributed by atoms with E-state index in [1.54, 1.807) is 31.4 Å². The number of piperazine rings is 1. The van der Waals surface area contributed by atoms with Crippen LogP contribution >= 0.6 is 23.2 Å². The average Bonchev–Trinajstić information content (AvgIpc) is 3.29. The summed E-state index contributed by atoms with van der Waals surface area (Å²) in [5.41, 5.74) is 1.03. The van der Waals surface area contributed by atoms with Crippen molar-refractivity contribution in [3.8, 4) is 11.5 Å². The number of nitrogens with zero attached hydrogens (tertiary/aromatic N) is 2. The Morgan fingerprint density at radius 1 is 1.00 bits per heavy atom. The van der Waals surface area contributed by atoms with Gasteiger partial charge in [-0.1, -0.05) is 35.3 Å². The molecule has 6 nitrogen and oxygen atoms in total. The van der Waals surface area contributed by atoms with Gasteiger partial charge in [-0.05, 0) is 42.0 Å². The standard InChI is InChI=1S/C24H24Cl2N2O4/c1-30-19-3-2-4-20(14-19)31-16-21-7-8-23(32-21)24(29)28-11-9-27(10-12-28)15-17-5-6-18(25)13-22(17)26/h2-8,13-14H,9-12,15-16H2,1H3. The summed E-state index contributed by atoms with van der Waals surface area (Å²) >= 11 is 12.3. The molecule has 8 heteroatoms. The maximum atomic E-state index is 12.8. The first-order valence-electron chi connectivity index (χ1n) is 10.3. The lowest BCUT2D eigenvalue weighted by molar-refractivity contribution is 0.0594. The van der Waals surface area contributed by atoms with Crippen molar-refractivity contribution in [2.24, 2.45) is 0 Å². The Kier molecular flexibility index (Phi) is 7.25. The van der Waals surface area contributed by atoms with Crippen molar-refractivity contribution >= 4 is 29.1 Å². The second-order valence-electron chi connectivity index (χ2n) is 7.54. The number of ether oxygens (including phenoxy) is 2. The molecule has 1 saturated heterocycles. The maximum Gasteiger partial charge on any atom is 0.289 e. The molecule has 1 fully saturated rings. The van der Waals surface area contributed by atoms with E-state index in [9.17, 15) is 4.79 Å². The topological polar surface area (TPSA) is 55.2 Å². The number of carbonyl (C=O) groups is 1. The molecule has 4 rings (SSSR count). The van der Waals surface area contributed by atoms with Gasteiger partial charge in [0.25, 0.3) is 5.91 Å². The van der Waals surface area contributed by atoms with E-state index < -0.39 is 0 Å². The molecule has 0 aliphatic carbocycles. The largest absolute Gasteiger partial charge is 0.497 e. The van der Waals surface area contributed by atoms with Gasteiger partial charge < -0.3 is 18.8 Å². The Bertz CT molecular complexity index is 1080. The number of hydrogen-bond acceptors (Lipinski definition) is 5. The number of carbonyl (C=O) groups excluding carboxylic acids is 1. The molecule has 0 bridgehead atoms. The maximum absolute atomic E-state index is 12.8. The monoisotopic (exact) mass is 474 g/mol. The molecule has 168 valence electrons. The van der Waals surface area contributed by atoms with Gasteiger partial charge in [0, 0.05) is 48.8 Å². The molecule has 1 aliphatic rings.